The van der Waals surface area contributed by atoms with Gasteiger partial charge in [0.2, 0.25) is 5.91 Å². The van der Waals surface area contributed by atoms with Crippen LogP contribution in [-0.4, -0.2) is 48.2 Å². The minimum absolute atomic E-state index is 0.0649. The zero-order valence-electron chi connectivity index (χ0n) is 11.3. The monoisotopic (exact) mass is 294 g/mol. The van der Waals surface area contributed by atoms with Crippen LogP contribution in [0.3, 0.4) is 0 Å². The molecule has 1 saturated heterocycles. The maximum absolute atomic E-state index is 12.1. The van der Waals surface area contributed by atoms with Crippen LogP contribution >= 0.6 is 12.2 Å². The van der Waals surface area contributed by atoms with Crippen molar-refractivity contribution in [3.05, 3.63) is 24.0 Å². The molecule has 0 radical (unpaired) electrons. The van der Waals surface area contributed by atoms with Crippen molar-refractivity contribution in [2.24, 2.45) is 5.73 Å². The number of amides is 1. The van der Waals surface area contributed by atoms with Crippen molar-refractivity contribution in [1.29, 1.82) is 0 Å². The molecular weight excluding hydrogens is 276 g/mol. The first kappa shape index (κ1) is 14.7. The predicted molar refractivity (Wildman–Crippen MR) is 80.8 cm³/mol. The molecule has 0 aliphatic carbocycles. The number of hydrogen-bond acceptors (Lipinski definition) is 5. The van der Waals surface area contributed by atoms with Crippen LogP contribution in [0, 0.1) is 0 Å². The Kier molecular flexibility index (Phi) is 4.86. The molecule has 1 amide bonds. The van der Waals surface area contributed by atoms with Gasteiger partial charge in [0.15, 0.2) is 0 Å². The summed E-state index contributed by atoms with van der Waals surface area (Å²) in [6.07, 6.45) is 1.64. The predicted octanol–water partition coefficient (Wildman–Crippen LogP) is 0.0571. The second-order valence-electron chi connectivity index (χ2n) is 4.41. The Balaban J connectivity index is 2.33. The van der Waals surface area contributed by atoms with Gasteiger partial charge in [-0.1, -0.05) is 12.2 Å². The molecule has 3 N–H and O–H groups in total. The summed E-state index contributed by atoms with van der Waals surface area (Å²) in [4.78, 5) is 18.5. The molecule has 1 unspecified atom stereocenters. The highest BCUT2D eigenvalue weighted by Gasteiger charge is 2.31. The topological polar surface area (TPSA) is 80.5 Å². The zero-order chi connectivity index (χ0) is 14.5. The van der Waals surface area contributed by atoms with Crippen molar-refractivity contribution in [2.75, 3.05) is 31.2 Å². The fraction of sp³-hybridized carbons (Fsp3) is 0.462. The third-order valence-electron chi connectivity index (χ3n) is 3.11. The number of thiocarbonyl (C=S) groups is 1. The van der Waals surface area contributed by atoms with Crippen LogP contribution in [0.2, 0.25) is 0 Å². The Morgan fingerprint density at radius 2 is 2.50 bits per heavy atom. The van der Waals surface area contributed by atoms with E-state index in [-0.39, 0.29) is 16.9 Å². The van der Waals surface area contributed by atoms with Gasteiger partial charge in [-0.3, -0.25) is 9.78 Å². The number of nitrogens with one attached hydrogen (secondary N) is 1. The van der Waals surface area contributed by atoms with E-state index in [9.17, 15) is 4.79 Å². The van der Waals surface area contributed by atoms with Crippen LogP contribution in [0.5, 0.6) is 0 Å². The first-order valence-electron chi connectivity index (χ1n) is 6.52. The second kappa shape index (κ2) is 6.62. The number of ether oxygens (including phenoxy) is 1. The summed E-state index contributed by atoms with van der Waals surface area (Å²) in [6, 6.07) is 3.29. The summed E-state index contributed by atoms with van der Waals surface area (Å²) in [5.74, 6) is -0.0649. The average Bonchev–Trinajstić information content (AvgIpc) is 2.47. The van der Waals surface area contributed by atoms with Crippen LogP contribution in [0.1, 0.15) is 12.6 Å². The maximum atomic E-state index is 12.1. The standard InChI is InChI=1S/C13H18N4O2S/c1-2-15-13(18)10-8-19-7-6-17(10)9-4-3-5-16-11(9)12(14)20/h3-5,10H,2,6-8H2,1H3,(H2,14,20)(H,15,18). The molecule has 2 heterocycles. The first-order valence-corrected chi connectivity index (χ1v) is 6.93. The molecule has 6 nitrogen and oxygen atoms in total. The molecular formula is C13H18N4O2S. The van der Waals surface area contributed by atoms with Crippen LogP contribution in [0.15, 0.2) is 18.3 Å². The van der Waals surface area contributed by atoms with E-state index in [1.807, 2.05) is 17.9 Å². The zero-order valence-corrected chi connectivity index (χ0v) is 12.2. The van der Waals surface area contributed by atoms with E-state index in [1.165, 1.54) is 0 Å². The summed E-state index contributed by atoms with van der Waals surface area (Å²) in [7, 11) is 0. The summed E-state index contributed by atoms with van der Waals surface area (Å²) in [5, 5.41) is 2.82. The number of morpholine rings is 1. The molecule has 7 heteroatoms. The fourth-order valence-electron chi connectivity index (χ4n) is 2.22. The van der Waals surface area contributed by atoms with Crippen molar-refractivity contribution in [3.8, 4) is 0 Å². The van der Waals surface area contributed by atoms with E-state index in [0.717, 1.165) is 5.69 Å². The largest absolute Gasteiger partial charge is 0.388 e. The molecule has 0 spiro atoms. The molecule has 1 aromatic rings. The van der Waals surface area contributed by atoms with Gasteiger partial charge in [-0.2, -0.15) is 0 Å². The molecule has 1 aromatic heterocycles. The highest BCUT2D eigenvalue weighted by molar-refractivity contribution is 7.80. The highest BCUT2D eigenvalue weighted by atomic mass is 32.1. The number of nitrogens with two attached hydrogens (primary N) is 1. The average molecular weight is 294 g/mol. The van der Waals surface area contributed by atoms with Gasteiger partial charge < -0.3 is 20.7 Å². The number of rotatable bonds is 4. The number of nitrogens with zero attached hydrogens (tertiary/aromatic N) is 2. The van der Waals surface area contributed by atoms with Crippen LogP contribution < -0.4 is 16.0 Å². The lowest BCUT2D eigenvalue weighted by atomic mass is 10.1. The van der Waals surface area contributed by atoms with E-state index in [2.05, 4.69) is 10.3 Å². The summed E-state index contributed by atoms with van der Waals surface area (Å²) < 4.78 is 5.41. The van der Waals surface area contributed by atoms with Gasteiger partial charge in [0.1, 0.15) is 16.7 Å². The fourth-order valence-corrected chi connectivity index (χ4v) is 2.38. The molecule has 0 bridgehead atoms. The van der Waals surface area contributed by atoms with E-state index in [1.54, 1.807) is 12.3 Å². The second-order valence-corrected chi connectivity index (χ2v) is 4.85. The van der Waals surface area contributed by atoms with Crippen molar-refractivity contribution in [2.45, 2.75) is 13.0 Å². The van der Waals surface area contributed by atoms with Crippen molar-refractivity contribution >= 4 is 28.8 Å². The van der Waals surface area contributed by atoms with Crippen molar-refractivity contribution < 1.29 is 9.53 Å². The number of hydrogen-bond donors (Lipinski definition) is 2. The van der Waals surface area contributed by atoms with Crippen LogP contribution in [0.25, 0.3) is 0 Å². The summed E-state index contributed by atoms with van der Waals surface area (Å²) in [5.41, 5.74) is 7.03. The van der Waals surface area contributed by atoms with E-state index in [0.29, 0.717) is 32.0 Å². The number of carbonyl (C=O) groups is 1. The minimum Gasteiger partial charge on any atom is -0.388 e. The normalized spacial score (nSPS) is 18.6. The Hall–Kier alpha value is -1.73. The lowest BCUT2D eigenvalue weighted by Crippen LogP contribution is -2.54. The third-order valence-corrected chi connectivity index (χ3v) is 3.30. The lowest BCUT2D eigenvalue weighted by Gasteiger charge is -2.36. The van der Waals surface area contributed by atoms with Crippen molar-refractivity contribution in [1.82, 2.24) is 10.3 Å². The van der Waals surface area contributed by atoms with Crippen LogP contribution in [-0.2, 0) is 9.53 Å². The number of carbonyl (C=O) groups excluding carboxylic acids is 1. The number of pyridine rings is 1. The molecule has 0 aromatic carbocycles. The van der Waals surface area contributed by atoms with Gasteiger partial charge in [0.25, 0.3) is 0 Å². The van der Waals surface area contributed by atoms with Gasteiger partial charge in [-0.15, -0.1) is 0 Å². The number of aromatic nitrogens is 1. The molecule has 1 fully saturated rings. The van der Waals surface area contributed by atoms with Gasteiger partial charge >= 0.3 is 0 Å². The SMILES string of the molecule is CCNC(=O)C1COCCN1c1cccnc1C(N)=S. The Labute approximate surface area is 123 Å². The molecule has 1 atom stereocenters. The Bertz CT molecular complexity index is 509. The van der Waals surface area contributed by atoms with Gasteiger partial charge in [0.05, 0.1) is 18.9 Å². The van der Waals surface area contributed by atoms with Gasteiger partial charge in [-0.05, 0) is 19.1 Å². The van der Waals surface area contributed by atoms with Gasteiger partial charge in [-0.25, -0.2) is 0 Å². The van der Waals surface area contributed by atoms with Gasteiger partial charge in [0, 0.05) is 19.3 Å². The maximum Gasteiger partial charge on any atom is 0.245 e. The molecule has 1 aliphatic rings. The first-order chi connectivity index (χ1) is 9.65. The number of anilines is 1. The molecule has 0 saturated carbocycles. The molecule has 20 heavy (non-hydrogen) atoms. The molecule has 108 valence electrons. The minimum atomic E-state index is -0.388. The lowest BCUT2D eigenvalue weighted by molar-refractivity contribution is -0.124. The molecule has 2 rings (SSSR count). The Morgan fingerprint density at radius 3 is 3.20 bits per heavy atom. The smallest absolute Gasteiger partial charge is 0.245 e. The third kappa shape index (κ3) is 3.05. The van der Waals surface area contributed by atoms with Crippen molar-refractivity contribution in [3.63, 3.8) is 0 Å². The Morgan fingerprint density at radius 1 is 1.70 bits per heavy atom. The quantitative estimate of drug-likeness (QED) is 0.764. The molecule has 1 aliphatic heterocycles. The van der Waals surface area contributed by atoms with Crippen LogP contribution in [0.4, 0.5) is 5.69 Å². The van der Waals surface area contributed by atoms with E-state index >= 15 is 0 Å². The summed E-state index contributed by atoms with van der Waals surface area (Å²) in [6.45, 7) is 3.97. The number of likely N-dealkylation sites (N-methyl/N-ethyl adjacent to an activating group) is 1. The highest BCUT2D eigenvalue weighted by Crippen LogP contribution is 2.23. The van der Waals surface area contributed by atoms with E-state index in [4.69, 9.17) is 22.7 Å². The van der Waals surface area contributed by atoms with E-state index < -0.39 is 0 Å². The summed E-state index contributed by atoms with van der Waals surface area (Å²) >= 11 is 5.03.